The molecule has 0 amide bonds. The molecule has 4 nitrogen and oxygen atoms in total. The number of aliphatic imine (C=N–C) groups is 2. The molecule has 0 bridgehead atoms. The van der Waals surface area contributed by atoms with E-state index in [9.17, 15) is 0 Å². The van der Waals surface area contributed by atoms with E-state index in [1.54, 1.807) is 0 Å². The van der Waals surface area contributed by atoms with Crippen LogP contribution in [-0.4, -0.2) is 18.5 Å². The second-order valence-electron chi connectivity index (χ2n) is 11.6. The van der Waals surface area contributed by atoms with E-state index in [1.807, 2.05) is 19.2 Å². The van der Waals surface area contributed by atoms with E-state index in [2.05, 4.69) is 151 Å². The molecule has 0 aliphatic heterocycles. The van der Waals surface area contributed by atoms with Gasteiger partial charge in [-0.15, -0.1) is 0 Å². The van der Waals surface area contributed by atoms with Gasteiger partial charge in [0.15, 0.2) is 0 Å². The van der Waals surface area contributed by atoms with Crippen LogP contribution in [0.1, 0.15) is 27.8 Å². The van der Waals surface area contributed by atoms with Crippen molar-refractivity contribution >= 4 is 61.4 Å². The molecule has 0 aromatic heterocycles. The van der Waals surface area contributed by atoms with E-state index >= 15 is 0 Å². The summed E-state index contributed by atoms with van der Waals surface area (Å²) in [6.07, 6.45) is 0. The van der Waals surface area contributed by atoms with E-state index in [0.717, 1.165) is 62.1 Å². The Morgan fingerprint density at radius 3 is 1.20 bits per heavy atom. The van der Waals surface area contributed by atoms with Crippen molar-refractivity contribution in [2.24, 2.45) is 9.98 Å². The maximum atomic E-state index is 5.25. The van der Waals surface area contributed by atoms with Gasteiger partial charge in [-0.1, -0.05) is 97.1 Å². The molecule has 2 N–H and O–H groups in total. The lowest BCUT2D eigenvalue weighted by Crippen LogP contribution is -2.22. The van der Waals surface area contributed by atoms with Gasteiger partial charge in [-0.05, 0) is 71.8 Å². The number of fused-ring (bicyclic) bond motifs is 4. The average molecular weight is 593 g/mol. The van der Waals surface area contributed by atoms with E-state index in [-0.39, 0.29) is 0 Å². The van der Waals surface area contributed by atoms with Gasteiger partial charge in [0, 0.05) is 51.4 Å². The number of nitrogens with one attached hydrogen (secondary N) is 2. The zero-order valence-corrected chi connectivity index (χ0v) is 25.8. The lowest BCUT2D eigenvalue weighted by atomic mass is 9.83. The molecule has 46 heavy (non-hydrogen) atoms. The molecular weight excluding hydrogens is 560 g/mol. The zero-order valence-electron chi connectivity index (χ0n) is 25.8. The molecule has 0 saturated carbocycles. The maximum absolute atomic E-state index is 5.25. The summed E-state index contributed by atoms with van der Waals surface area (Å²) < 4.78 is 0. The normalized spacial score (nSPS) is 12.0. The van der Waals surface area contributed by atoms with Gasteiger partial charge in [-0.3, -0.25) is 0 Å². The summed E-state index contributed by atoms with van der Waals surface area (Å²) in [5.74, 6) is 0. The number of rotatable bonds is 5. The van der Waals surface area contributed by atoms with Crippen LogP contribution >= 0.6 is 0 Å². The highest BCUT2D eigenvalue weighted by molar-refractivity contribution is 6.32. The first-order valence-corrected chi connectivity index (χ1v) is 15.6. The summed E-state index contributed by atoms with van der Waals surface area (Å²) in [5.41, 5.74) is 12.5. The topological polar surface area (TPSA) is 48.8 Å². The highest BCUT2D eigenvalue weighted by Crippen LogP contribution is 2.38. The van der Waals surface area contributed by atoms with E-state index in [0.29, 0.717) is 0 Å². The Morgan fingerprint density at radius 2 is 0.783 bits per heavy atom. The quantitative estimate of drug-likeness (QED) is 0.195. The lowest BCUT2D eigenvalue weighted by Gasteiger charge is -2.23. The smallest absolute Gasteiger partial charge is 0.0795 e. The Morgan fingerprint density at radius 1 is 0.413 bits per heavy atom. The molecule has 0 radical (unpaired) electrons. The molecular formula is C42H32N4. The summed E-state index contributed by atoms with van der Waals surface area (Å²) in [4.78, 5) is 10.4. The molecule has 1 aliphatic rings. The van der Waals surface area contributed by atoms with Gasteiger partial charge in [-0.2, -0.15) is 0 Å². The summed E-state index contributed by atoms with van der Waals surface area (Å²) in [7, 11) is 1.92. The number of nitrogens with zero attached hydrogens (tertiary/aromatic N) is 2. The maximum Gasteiger partial charge on any atom is 0.0795 e. The van der Waals surface area contributed by atoms with Crippen LogP contribution in [0, 0.1) is 6.92 Å². The van der Waals surface area contributed by atoms with E-state index < -0.39 is 0 Å². The van der Waals surface area contributed by atoms with Gasteiger partial charge in [-0.25, -0.2) is 9.98 Å². The molecule has 0 spiro atoms. The molecule has 0 fully saturated rings. The first-order valence-electron chi connectivity index (χ1n) is 15.6. The molecule has 0 saturated heterocycles. The Hall–Kier alpha value is -6.00. The first-order chi connectivity index (χ1) is 22.7. The van der Waals surface area contributed by atoms with Crippen molar-refractivity contribution in [3.05, 3.63) is 173 Å². The molecule has 0 atom stereocenters. The fourth-order valence-electron chi connectivity index (χ4n) is 6.53. The third-order valence-corrected chi connectivity index (χ3v) is 8.85. The molecule has 1 aliphatic carbocycles. The number of hydrogen-bond donors (Lipinski definition) is 2. The van der Waals surface area contributed by atoms with Crippen molar-refractivity contribution in [2.45, 2.75) is 6.92 Å². The Balaban J connectivity index is 1.18. The van der Waals surface area contributed by atoms with Crippen LogP contribution in [-0.2, 0) is 0 Å². The standard InChI is InChI=1S/C42H32N4/c1-27-32-11-3-5-13-34(32)40(35-14-6-4-12-33(27)35)44-30-23-25-31(26-24-30)46-42-38-17-9-7-15-36(38)41(37-16-8-10-18-39(37)42)45-29-21-19-28(43-2)20-22-29/h3-26,43-44H,1-2H3. The fourth-order valence-corrected chi connectivity index (χ4v) is 6.53. The third-order valence-electron chi connectivity index (χ3n) is 8.85. The van der Waals surface area contributed by atoms with Gasteiger partial charge < -0.3 is 10.6 Å². The van der Waals surface area contributed by atoms with Crippen LogP contribution in [0.25, 0.3) is 21.5 Å². The number of hydrogen-bond acceptors (Lipinski definition) is 4. The Bertz CT molecular complexity index is 2200. The fraction of sp³-hybridized carbons (Fsp3) is 0.0476. The molecule has 220 valence electrons. The predicted molar refractivity (Wildman–Crippen MR) is 195 cm³/mol. The predicted octanol–water partition coefficient (Wildman–Crippen LogP) is 10.7. The van der Waals surface area contributed by atoms with Crippen LogP contribution in [0.5, 0.6) is 0 Å². The van der Waals surface area contributed by atoms with Crippen LogP contribution in [0.2, 0.25) is 0 Å². The van der Waals surface area contributed by atoms with Gasteiger partial charge in [0.05, 0.1) is 28.5 Å². The van der Waals surface area contributed by atoms with Crippen molar-refractivity contribution in [2.75, 3.05) is 17.7 Å². The third kappa shape index (κ3) is 4.81. The summed E-state index contributed by atoms with van der Waals surface area (Å²) in [6.45, 7) is 2.21. The summed E-state index contributed by atoms with van der Waals surface area (Å²) in [5, 5.41) is 11.9. The van der Waals surface area contributed by atoms with Crippen LogP contribution < -0.4 is 10.6 Å². The monoisotopic (exact) mass is 592 g/mol. The van der Waals surface area contributed by atoms with Gasteiger partial charge >= 0.3 is 0 Å². The SMILES string of the molecule is CNc1ccc(N=C2c3ccccc3C(=Nc3ccc(Nc4c5ccccc5c(C)c5ccccc45)cc3)c3ccccc32)cc1. The van der Waals surface area contributed by atoms with Gasteiger partial charge in [0.1, 0.15) is 0 Å². The minimum absolute atomic E-state index is 0.895. The molecule has 7 aromatic rings. The molecule has 0 unspecified atom stereocenters. The van der Waals surface area contributed by atoms with Gasteiger partial charge in [0.2, 0.25) is 0 Å². The van der Waals surface area contributed by atoms with Crippen molar-refractivity contribution in [3.8, 4) is 0 Å². The Kier molecular flexibility index (Phi) is 6.88. The van der Waals surface area contributed by atoms with Crippen LogP contribution in [0.4, 0.5) is 28.4 Å². The van der Waals surface area contributed by atoms with Crippen LogP contribution in [0.3, 0.4) is 0 Å². The number of anilines is 3. The van der Waals surface area contributed by atoms with Gasteiger partial charge in [0.25, 0.3) is 0 Å². The molecule has 8 rings (SSSR count). The number of aryl methyl sites for hydroxylation is 1. The minimum atomic E-state index is 0.895. The average Bonchev–Trinajstić information content (AvgIpc) is 3.12. The van der Waals surface area contributed by atoms with Crippen molar-refractivity contribution in [1.82, 2.24) is 0 Å². The second-order valence-corrected chi connectivity index (χ2v) is 11.6. The van der Waals surface area contributed by atoms with Crippen molar-refractivity contribution in [3.63, 3.8) is 0 Å². The number of benzene rings is 7. The second kappa shape index (κ2) is 11.5. The summed E-state index contributed by atoms with van der Waals surface area (Å²) >= 11 is 0. The molecule has 0 heterocycles. The summed E-state index contributed by atoms with van der Waals surface area (Å²) in [6, 6.07) is 50.7. The minimum Gasteiger partial charge on any atom is -0.388 e. The first kappa shape index (κ1) is 27.5. The Labute approximate surface area is 268 Å². The largest absolute Gasteiger partial charge is 0.388 e. The lowest BCUT2D eigenvalue weighted by molar-refractivity contribution is 1.40. The molecule has 7 aromatic carbocycles. The van der Waals surface area contributed by atoms with Crippen molar-refractivity contribution < 1.29 is 0 Å². The van der Waals surface area contributed by atoms with Crippen molar-refractivity contribution in [1.29, 1.82) is 0 Å². The van der Waals surface area contributed by atoms with E-state index in [1.165, 1.54) is 27.1 Å². The zero-order chi connectivity index (χ0) is 31.0. The highest BCUT2D eigenvalue weighted by atomic mass is 14.9. The highest BCUT2D eigenvalue weighted by Gasteiger charge is 2.26. The van der Waals surface area contributed by atoms with E-state index in [4.69, 9.17) is 9.98 Å². The molecule has 4 heteroatoms. The van der Waals surface area contributed by atoms with Crippen LogP contribution in [0.15, 0.2) is 156 Å².